The fourth-order valence-electron chi connectivity index (χ4n) is 2.87. The molecule has 2 aliphatic rings. The van der Waals surface area contributed by atoms with Gasteiger partial charge in [-0.2, -0.15) is 4.99 Å². The molecule has 1 saturated heterocycles. The SMILES string of the molecule is COc1cc(C=C2SC(N3CCN(C)CC3)=NC2=O)cc(OC)c1OC. The molecule has 8 heteroatoms. The van der Waals surface area contributed by atoms with Gasteiger partial charge in [0.1, 0.15) is 0 Å². The van der Waals surface area contributed by atoms with Crippen molar-refractivity contribution in [2.45, 2.75) is 0 Å². The van der Waals surface area contributed by atoms with E-state index in [1.54, 1.807) is 21.3 Å². The number of hydrogen-bond donors (Lipinski definition) is 0. The van der Waals surface area contributed by atoms with Crippen molar-refractivity contribution >= 4 is 28.9 Å². The minimum atomic E-state index is -0.210. The predicted molar refractivity (Wildman–Crippen MR) is 103 cm³/mol. The number of piperazine rings is 1. The van der Waals surface area contributed by atoms with E-state index in [0.29, 0.717) is 22.2 Å². The first-order valence-corrected chi connectivity index (χ1v) is 9.13. The summed E-state index contributed by atoms with van der Waals surface area (Å²) in [6.45, 7) is 3.71. The van der Waals surface area contributed by atoms with Gasteiger partial charge in [0, 0.05) is 26.2 Å². The molecule has 1 fully saturated rings. The molecule has 0 bridgehead atoms. The predicted octanol–water partition coefficient (Wildman–Crippen LogP) is 1.93. The van der Waals surface area contributed by atoms with Gasteiger partial charge >= 0.3 is 0 Å². The van der Waals surface area contributed by atoms with Gasteiger partial charge in [-0.05, 0) is 42.6 Å². The molecule has 0 radical (unpaired) electrons. The second-order valence-corrected chi connectivity index (χ2v) is 7.07. The second-order valence-electron chi connectivity index (χ2n) is 6.06. The summed E-state index contributed by atoms with van der Waals surface area (Å²) in [7, 11) is 6.80. The summed E-state index contributed by atoms with van der Waals surface area (Å²) >= 11 is 1.41. The highest BCUT2D eigenvalue weighted by atomic mass is 32.2. The van der Waals surface area contributed by atoms with E-state index in [4.69, 9.17) is 14.2 Å². The molecule has 1 aromatic carbocycles. The monoisotopic (exact) mass is 377 g/mol. The van der Waals surface area contributed by atoms with Gasteiger partial charge in [0.15, 0.2) is 16.7 Å². The molecule has 0 N–H and O–H groups in total. The van der Waals surface area contributed by atoms with Crippen LogP contribution in [0.5, 0.6) is 17.2 Å². The summed E-state index contributed by atoms with van der Waals surface area (Å²) in [4.78, 5) is 21.6. The molecule has 26 heavy (non-hydrogen) atoms. The number of likely N-dealkylation sites (N-methyl/N-ethyl adjacent to an activating group) is 1. The minimum Gasteiger partial charge on any atom is -0.493 e. The number of nitrogens with zero attached hydrogens (tertiary/aromatic N) is 3. The lowest BCUT2D eigenvalue weighted by molar-refractivity contribution is -0.113. The van der Waals surface area contributed by atoms with E-state index >= 15 is 0 Å². The van der Waals surface area contributed by atoms with Crippen molar-refractivity contribution in [1.82, 2.24) is 9.80 Å². The van der Waals surface area contributed by atoms with E-state index in [0.717, 1.165) is 36.9 Å². The van der Waals surface area contributed by atoms with Crippen LogP contribution in [0.1, 0.15) is 5.56 Å². The zero-order valence-electron chi connectivity index (χ0n) is 15.4. The number of benzene rings is 1. The van der Waals surface area contributed by atoms with Crippen LogP contribution in [0.25, 0.3) is 6.08 Å². The zero-order chi connectivity index (χ0) is 18.7. The van der Waals surface area contributed by atoms with Gasteiger partial charge < -0.3 is 24.0 Å². The largest absolute Gasteiger partial charge is 0.493 e. The molecule has 2 heterocycles. The second kappa shape index (κ2) is 8.01. The standard InChI is InChI=1S/C18H23N3O4S/c1-20-5-7-21(8-6-20)18-19-17(22)15(26-18)11-12-9-13(23-2)16(25-4)14(10-12)24-3/h9-11H,5-8H2,1-4H3. The Balaban J connectivity index is 1.82. The first-order valence-electron chi connectivity index (χ1n) is 8.31. The Hall–Kier alpha value is -2.19. The van der Waals surface area contributed by atoms with Crippen molar-refractivity contribution in [3.63, 3.8) is 0 Å². The molecule has 0 aromatic heterocycles. The van der Waals surface area contributed by atoms with Crippen LogP contribution in [0.3, 0.4) is 0 Å². The number of carbonyl (C=O) groups excluding carboxylic acids is 1. The number of rotatable bonds is 4. The van der Waals surface area contributed by atoms with Crippen LogP contribution in [0.2, 0.25) is 0 Å². The Morgan fingerprint density at radius 3 is 2.19 bits per heavy atom. The van der Waals surface area contributed by atoms with Gasteiger partial charge in [0.25, 0.3) is 5.91 Å². The van der Waals surface area contributed by atoms with Gasteiger partial charge in [-0.15, -0.1) is 0 Å². The molecule has 1 amide bonds. The van der Waals surface area contributed by atoms with Crippen LogP contribution in [0.15, 0.2) is 22.0 Å². The lowest BCUT2D eigenvalue weighted by Gasteiger charge is -2.32. The summed E-state index contributed by atoms with van der Waals surface area (Å²) in [5.74, 6) is 1.42. The minimum absolute atomic E-state index is 0.210. The van der Waals surface area contributed by atoms with Crippen LogP contribution in [0, 0.1) is 0 Å². The van der Waals surface area contributed by atoms with Gasteiger partial charge in [-0.3, -0.25) is 4.79 Å². The number of carbonyl (C=O) groups is 1. The summed E-state index contributed by atoms with van der Waals surface area (Å²) in [6.07, 6.45) is 1.81. The third kappa shape index (κ3) is 3.81. The number of amidine groups is 1. The molecule has 1 aromatic rings. The van der Waals surface area contributed by atoms with E-state index in [2.05, 4.69) is 21.8 Å². The molecule has 3 rings (SSSR count). The summed E-state index contributed by atoms with van der Waals surface area (Å²) in [6, 6.07) is 3.63. The summed E-state index contributed by atoms with van der Waals surface area (Å²) in [5, 5.41) is 0.779. The van der Waals surface area contributed by atoms with Crippen LogP contribution in [0.4, 0.5) is 0 Å². The fraction of sp³-hybridized carbons (Fsp3) is 0.444. The van der Waals surface area contributed by atoms with E-state index in [1.807, 2.05) is 18.2 Å². The quantitative estimate of drug-likeness (QED) is 0.743. The van der Waals surface area contributed by atoms with E-state index in [9.17, 15) is 4.79 Å². The molecule has 0 spiro atoms. The molecular formula is C18H23N3O4S. The Morgan fingerprint density at radius 1 is 1.04 bits per heavy atom. The van der Waals surface area contributed by atoms with E-state index in [-0.39, 0.29) is 5.91 Å². The molecule has 0 saturated carbocycles. The molecule has 0 unspecified atom stereocenters. The van der Waals surface area contributed by atoms with Gasteiger partial charge in [0.2, 0.25) is 5.75 Å². The van der Waals surface area contributed by atoms with E-state index < -0.39 is 0 Å². The first kappa shape index (κ1) is 18.6. The normalized spacial score (nSPS) is 19.7. The zero-order valence-corrected chi connectivity index (χ0v) is 16.3. The Morgan fingerprint density at radius 2 is 1.65 bits per heavy atom. The molecule has 140 valence electrons. The Labute approximate surface area is 157 Å². The molecular weight excluding hydrogens is 354 g/mol. The third-order valence-electron chi connectivity index (χ3n) is 4.37. The van der Waals surface area contributed by atoms with Gasteiger partial charge in [-0.25, -0.2) is 0 Å². The van der Waals surface area contributed by atoms with Crippen molar-refractivity contribution < 1.29 is 19.0 Å². The number of amides is 1. The van der Waals surface area contributed by atoms with E-state index in [1.165, 1.54) is 11.8 Å². The molecule has 2 aliphatic heterocycles. The van der Waals surface area contributed by atoms with Crippen LogP contribution >= 0.6 is 11.8 Å². The highest BCUT2D eigenvalue weighted by molar-refractivity contribution is 8.18. The van der Waals surface area contributed by atoms with Crippen LogP contribution in [-0.2, 0) is 4.79 Å². The maximum atomic E-state index is 12.3. The average Bonchev–Trinajstić information content (AvgIpc) is 3.01. The summed E-state index contributed by atoms with van der Waals surface area (Å²) < 4.78 is 16.1. The molecule has 0 atom stereocenters. The van der Waals surface area contributed by atoms with Crippen molar-refractivity contribution in [3.8, 4) is 17.2 Å². The fourth-order valence-corrected chi connectivity index (χ4v) is 3.83. The van der Waals surface area contributed by atoms with Crippen molar-refractivity contribution in [1.29, 1.82) is 0 Å². The lowest BCUT2D eigenvalue weighted by Crippen LogP contribution is -2.46. The number of aliphatic imine (C=N–C) groups is 1. The Kier molecular flexibility index (Phi) is 5.73. The maximum Gasteiger partial charge on any atom is 0.286 e. The third-order valence-corrected chi connectivity index (χ3v) is 5.41. The van der Waals surface area contributed by atoms with Crippen molar-refractivity contribution in [2.24, 2.45) is 4.99 Å². The Bertz CT molecular complexity index is 730. The number of methoxy groups -OCH3 is 3. The number of thioether (sulfide) groups is 1. The highest BCUT2D eigenvalue weighted by Crippen LogP contribution is 2.40. The smallest absolute Gasteiger partial charge is 0.286 e. The number of hydrogen-bond acceptors (Lipinski definition) is 7. The van der Waals surface area contributed by atoms with Crippen molar-refractivity contribution in [2.75, 3.05) is 54.6 Å². The van der Waals surface area contributed by atoms with Crippen LogP contribution in [-0.4, -0.2) is 75.4 Å². The molecule has 7 nitrogen and oxygen atoms in total. The van der Waals surface area contributed by atoms with Crippen LogP contribution < -0.4 is 14.2 Å². The molecule has 0 aliphatic carbocycles. The van der Waals surface area contributed by atoms with Crippen molar-refractivity contribution in [3.05, 3.63) is 22.6 Å². The maximum absolute atomic E-state index is 12.3. The highest BCUT2D eigenvalue weighted by Gasteiger charge is 2.28. The van der Waals surface area contributed by atoms with Gasteiger partial charge in [0.05, 0.1) is 26.2 Å². The van der Waals surface area contributed by atoms with Gasteiger partial charge in [-0.1, -0.05) is 0 Å². The first-order chi connectivity index (χ1) is 12.5. The number of ether oxygens (including phenoxy) is 3. The average molecular weight is 377 g/mol. The summed E-state index contributed by atoms with van der Waals surface area (Å²) in [5.41, 5.74) is 0.796. The lowest BCUT2D eigenvalue weighted by atomic mass is 10.1. The topological polar surface area (TPSA) is 63.6 Å².